The largest absolute Gasteiger partial charge is 0.398 e. The zero-order valence-corrected chi connectivity index (χ0v) is 11.6. The van der Waals surface area contributed by atoms with E-state index in [1.54, 1.807) is 24.3 Å². The number of aryl methyl sites for hydroxylation is 1. The second kappa shape index (κ2) is 4.94. The molecule has 0 saturated heterocycles. The average Bonchev–Trinajstić information content (AvgIpc) is 2.45. The number of nitrogens with one attached hydrogen (secondary N) is 1. The third-order valence-corrected chi connectivity index (χ3v) is 3.45. The van der Waals surface area contributed by atoms with Crippen LogP contribution in [0.1, 0.15) is 15.9 Å². The number of carbonyl (C=O) groups excluding carboxylic acids is 2. The normalized spacial score (nSPS) is 13.6. The summed E-state index contributed by atoms with van der Waals surface area (Å²) in [6.45, 7) is 1.90. The molecule has 0 spiro atoms. The van der Waals surface area contributed by atoms with Crippen LogP contribution in [-0.2, 0) is 4.79 Å². The second-order valence-electron chi connectivity index (χ2n) is 5.05. The summed E-state index contributed by atoms with van der Waals surface area (Å²) in [4.78, 5) is 25.9. The molecular formula is C16H15N3O2. The van der Waals surface area contributed by atoms with Crippen molar-refractivity contribution >= 4 is 28.9 Å². The maximum Gasteiger partial charge on any atom is 0.260 e. The second-order valence-corrected chi connectivity index (χ2v) is 5.05. The lowest BCUT2D eigenvalue weighted by atomic mass is 10.1. The number of para-hydroxylation sites is 2. The van der Waals surface area contributed by atoms with Crippen LogP contribution in [0.4, 0.5) is 17.1 Å². The first-order valence-corrected chi connectivity index (χ1v) is 6.63. The lowest BCUT2D eigenvalue weighted by molar-refractivity contribution is -0.115. The molecule has 3 rings (SSSR count). The summed E-state index contributed by atoms with van der Waals surface area (Å²) >= 11 is 0. The number of amides is 2. The summed E-state index contributed by atoms with van der Waals surface area (Å²) in [5.41, 5.74) is 9.06. The van der Waals surface area contributed by atoms with Crippen molar-refractivity contribution in [3.8, 4) is 0 Å². The zero-order chi connectivity index (χ0) is 15.0. The van der Waals surface area contributed by atoms with Crippen LogP contribution in [-0.4, -0.2) is 18.4 Å². The fraction of sp³-hybridized carbons (Fsp3) is 0.125. The number of fused-ring (bicyclic) bond motifs is 1. The molecule has 5 nitrogen and oxygen atoms in total. The van der Waals surface area contributed by atoms with Crippen LogP contribution in [0.15, 0.2) is 42.5 Å². The first-order valence-electron chi connectivity index (χ1n) is 6.63. The van der Waals surface area contributed by atoms with E-state index in [9.17, 15) is 9.59 Å². The van der Waals surface area contributed by atoms with E-state index in [2.05, 4.69) is 5.32 Å². The van der Waals surface area contributed by atoms with Gasteiger partial charge in [-0.1, -0.05) is 18.2 Å². The molecular weight excluding hydrogens is 266 g/mol. The number of nitrogens with zero attached hydrogens (tertiary/aromatic N) is 1. The Morgan fingerprint density at radius 1 is 1.24 bits per heavy atom. The summed E-state index contributed by atoms with van der Waals surface area (Å²) in [5, 5.41) is 2.76. The first kappa shape index (κ1) is 13.2. The molecule has 106 valence electrons. The van der Waals surface area contributed by atoms with Gasteiger partial charge in [0.2, 0.25) is 5.91 Å². The first-order chi connectivity index (χ1) is 10.1. The van der Waals surface area contributed by atoms with Gasteiger partial charge < -0.3 is 11.1 Å². The molecule has 2 amide bonds. The van der Waals surface area contributed by atoms with E-state index >= 15 is 0 Å². The van der Waals surface area contributed by atoms with Gasteiger partial charge in [-0.2, -0.15) is 0 Å². The minimum atomic E-state index is -0.269. The van der Waals surface area contributed by atoms with Crippen LogP contribution < -0.4 is 16.0 Å². The summed E-state index contributed by atoms with van der Waals surface area (Å²) in [6, 6.07) is 12.5. The number of benzene rings is 2. The van der Waals surface area contributed by atoms with Gasteiger partial charge in [0.25, 0.3) is 5.91 Å². The van der Waals surface area contributed by atoms with Gasteiger partial charge in [-0.05, 0) is 36.8 Å². The number of hydrogen-bond acceptors (Lipinski definition) is 3. The molecule has 1 aliphatic rings. The fourth-order valence-electron chi connectivity index (χ4n) is 2.44. The molecule has 0 aliphatic carbocycles. The molecule has 21 heavy (non-hydrogen) atoms. The minimum absolute atomic E-state index is 0.0108. The molecule has 2 aromatic rings. The Labute approximate surface area is 122 Å². The Morgan fingerprint density at radius 3 is 2.76 bits per heavy atom. The highest BCUT2D eigenvalue weighted by Gasteiger charge is 2.28. The zero-order valence-electron chi connectivity index (χ0n) is 11.6. The lowest BCUT2D eigenvalue weighted by Gasteiger charge is -2.29. The molecule has 1 aliphatic heterocycles. The van der Waals surface area contributed by atoms with E-state index in [0.717, 1.165) is 5.56 Å². The lowest BCUT2D eigenvalue weighted by Crippen LogP contribution is -2.42. The van der Waals surface area contributed by atoms with Crippen molar-refractivity contribution in [1.29, 1.82) is 0 Å². The summed E-state index contributed by atoms with van der Waals surface area (Å²) in [7, 11) is 0. The van der Waals surface area contributed by atoms with E-state index in [-0.39, 0.29) is 18.4 Å². The van der Waals surface area contributed by atoms with Crippen molar-refractivity contribution < 1.29 is 9.59 Å². The van der Waals surface area contributed by atoms with Gasteiger partial charge in [-0.3, -0.25) is 14.5 Å². The van der Waals surface area contributed by atoms with E-state index in [4.69, 9.17) is 5.73 Å². The molecule has 0 radical (unpaired) electrons. The molecule has 1 heterocycles. The Morgan fingerprint density at radius 2 is 2.00 bits per heavy atom. The Kier molecular flexibility index (Phi) is 3.10. The van der Waals surface area contributed by atoms with E-state index in [0.29, 0.717) is 22.6 Å². The quantitative estimate of drug-likeness (QED) is 0.787. The van der Waals surface area contributed by atoms with Gasteiger partial charge in [-0.25, -0.2) is 0 Å². The topological polar surface area (TPSA) is 75.4 Å². The number of nitrogen functional groups attached to an aromatic ring is 1. The number of nitrogens with two attached hydrogens (primary N) is 1. The summed E-state index contributed by atoms with van der Waals surface area (Å²) < 4.78 is 0. The highest BCUT2D eigenvalue weighted by molar-refractivity contribution is 6.16. The Bertz CT molecular complexity index is 740. The molecule has 0 unspecified atom stereocenters. The number of rotatable bonds is 1. The molecule has 5 heteroatoms. The van der Waals surface area contributed by atoms with Crippen LogP contribution in [0.3, 0.4) is 0 Å². The van der Waals surface area contributed by atoms with E-state index in [1.165, 1.54) is 4.90 Å². The molecule has 3 N–H and O–H groups in total. The minimum Gasteiger partial charge on any atom is -0.398 e. The molecule has 0 fully saturated rings. The molecule has 0 aromatic heterocycles. The SMILES string of the molecule is Cc1ccc(C(=O)N2CC(=O)Nc3ccccc32)c(N)c1. The van der Waals surface area contributed by atoms with Gasteiger partial charge in [-0.15, -0.1) is 0 Å². The predicted octanol–water partition coefficient (Wildman–Crippen LogP) is 2.18. The van der Waals surface area contributed by atoms with Gasteiger partial charge >= 0.3 is 0 Å². The van der Waals surface area contributed by atoms with Gasteiger partial charge in [0, 0.05) is 5.69 Å². The monoisotopic (exact) mass is 281 g/mol. The van der Waals surface area contributed by atoms with Gasteiger partial charge in [0.1, 0.15) is 6.54 Å². The van der Waals surface area contributed by atoms with E-state index in [1.807, 2.05) is 25.1 Å². The van der Waals surface area contributed by atoms with Crippen molar-refractivity contribution in [3.05, 3.63) is 53.6 Å². The van der Waals surface area contributed by atoms with E-state index < -0.39 is 0 Å². The van der Waals surface area contributed by atoms with Crippen molar-refractivity contribution in [2.75, 3.05) is 22.5 Å². The third-order valence-electron chi connectivity index (χ3n) is 3.45. The van der Waals surface area contributed by atoms with Crippen molar-refractivity contribution in [2.45, 2.75) is 6.92 Å². The van der Waals surface area contributed by atoms with Crippen molar-refractivity contribution in [3.63, 3.8) is 0 Å². The standard InChI is InChI=1S/C16H15N3O2/c1-10-6-7-11(12(17)8-10)16(21)19-9-15(20)18-13-4-2-3-5-14(13)19/h2-8H,9,17H2,1H3,(H,18,20). The molecule has 2 aromatic carbocycles. The highest BCUT2D eigenvalue weighted by Crippen LogP contribution is 2.30. The summed E-state index contributed by atoms with van der Waals surface area (Å²) in [5.74, 6) is -0.484. The van der Waals surface area contributed by atoms with Crippen LogP contribution in [0, 0.1) is 6.92 Å². The van der Waals surface area contributed by atoms with Crippen molar-refractivity contribution in [1.82, 2.24) is 0 Å². The van der Waals surface area contributed by atoms with Crippen LogP contribution in [0.25, 0.3) is 0 Å². The molecule has 0 atom stereocenters. The molecule has 0 saturated carbocycles. The van der Waals surface area contributed by atoms with Gasteiger partial charge in [0.15, 0.2) is 0 Å². The third kappa shape index (κ3) is 2.33. The fourth-order valence-corrected chi connectivity index (χ4v) is 2.44. The number of anilines is 3. The maximum absolute atomic E-state index is 12.7. The van der Waals surface area contributed by atoms with Crippen LogP contribution in [0.5, 0.6) is 0 Å². The van der Waals surface area contributed by atoms with Crippen LogP contribution >= 0.6 is 0 Å². The average molecular weight is 281 g/mol. The maximum atomic E-state index is 12.7. The number of hydrogen-bond donors (Lipinski definition) is 2. The van der Waals surface area contributed by atoms with Gasteiger partial charge in [0.05, 0.1) is 16.9 Å². The summed E-state index contributed by atoms with van der Waals surface area (Å²) in [6.07, 6.45) is 0. The van der Waals surface area contributed by atoms with Crippen molar-refractivity contribution in [2.24, 2.45) is 0 Å². The van der Waals surface area contributed by atoms with Crippen LogP contribution in [0.2, 0.25) is 0 Å². The predicted molar refractivity (Wildman–Crippen MR) is 82.3 cm³/mol. The highest BCUT2D eigenvalue weighted by atomic mass is 16.2. The Balaban J connectivity index is 2.04. The number of carbonyl (C=O) groups is 2. The Hall–Kier alpha value is -2.82. The smallest absolute Gasteiger partial charge is 0.260 e. The molecule has 0 bridgehead atoms.